The fraction of sp³-hybridized carbons (Fsp3) is 0.0870. The zero-order valence-corrected chi connectivity index (χ0v) is 17.3. The van der Waals surface area contributed by atoms with Crippen molar-refractivity contribution < 1.29 is 23.9 Å². The Balaban J connectivity index is 1.32. The smallest absolute Gasteiger partial charge is 0.338 e. The van der Waals surface area contributed by atoms with Crippen LogP contribution in [0, 0.1) is 0 Å². The summed E-state index contributed by atoms with van der Waals surface area (Å²) in [6.07, 6.45) is 1.38. The third-order valence-corrected chi connectivity index (χ3v) is 4.96. The Kier molecular flexibility index (Phi) is 5.96. The second kappa shape index (κ2) is 8.99. The van der Waals surface area contributed by atoms with E-state index in [-0.39, 0.29) is 29.7 Å². The van der Waals surface area contributed by atoms with Gasteiger partial charge in [-0.3, -0.25) is 19.3 Å². The molecule has 9 heteroatoms. The summed E-state index contributed by atoms with van der Waals surface area (Å²) in [6, 6.07) is 16.0. The Morgan fingerprint density at radius 3 is 2.19 bits per heavy atom. The van der Waals surface area contributed by atoms with Gasteiger partial charge < -0.3 is 10.1 Å². The number of aromatic nitrogens is 1. The molecule has 0 radical (unpaired) electrons. The summed E-state index contributed by atoms with van der Waals surface area (Å²) in [4.78, 5) is 54.1. The van der Waals surface area contributed by atoms with Crippen LogP contribution in [0.5, 0.6) is 0 Å². The van der Waals surface area contributed by atoms with Crippen LogP contribution in [0.3, 0.4) is 0 Å². The zero-order chi connectivity index (χ0) is 22.7. The summed E-state index contributed by atoms with van der Waals surface area (Å²) in [5, 5.41) is 2.92. The van der Waals surface area contributed by atoms with Crippen LogP contribution >= 0.6 is 11.6 Å². The van der Waals surface area contributed by atoms with Crippen LogP contribution in [0.2, 0.25) is 5.02 Å². The highest BCUT2D eigenvalue weighted by atomic mass is 35.5. The van der Waals surface area contributed by atoms with E-state index in [1.54, 1.807) is 42.5 Å². The summed E-state index contributed by atoms with van der Waals surface area (Å²) in [7, 11) is 0. The maximum atomic E-state index is 12.5. The number of ether oxygens (including phenoxy) is 1. The van der Waals surface area contributed by atoms with Gasteiger partial charge in [0.2, 0.25) is 0 Å². The number of hydrogen-bond acceptors (Lipinski definition) is 6. The van der Waals surface area contributed by atoms with Gasteiger partial charge in [-0.1, -0.05) is 35.9 Å². The number of hydrogen-bond donors (Lipinski definition) is 1. The van der Waals surface area contributed by atoms with E-state index in [1.165, 1.54) is 24.4 Å². The lowest BCUT2D eigenvalue weighted by Gasteiger charge is -2.14. The minimum absolute atomic E-state index is 0.0815. The number of esters is 1. The van der Waals surface area contributed by atoms with Crippen molar-refractivity contribution in [2.24, 2.45) is 0 Å². The quantitative estimate of drug-likeness (QED) is 0.457. The number of benzene rings is 2. The Labute approximate surface area is 187 Å². The summed E-state index contributed by atoms with van der Waals surface area (Å²) in [5.74, 6) is -1.65. The van der Waals surface area contributed by atoms with Gasteiger partial charge in [-0.15, -0.1) is 0 Å². The molecule has 32 heavy (non-hydrogen) atoms. The van der Waals surface area contributed by atoms with E-state index >= 15 is 0 Å². The number of rotatable bonds is 6. The van der Waals surface area contributed by atoms with Crippen LogP contribution in [0.4, 0.5) is 5.82 Å². The van der Waals surface area contributed by atoms with E-state index in [4.69, 9.17) is 16.3 Å². The number of pyridine rings is 1. The molecule has 1 aromatic heterocycles. The molecule has 0 atom stereocenters. The Morgan fingerprint density at radius 2 is 1.59 bits per heavy atom. The minimum Gasteiger partial charge on any atom is -0.452 e. The molecule has 0 saturated heterocycles. The average Bonchev–Trinajstić information content (AvgIpc) is 3.04. The van der Waals surface area contributed by atoms with E-state index in [1.807, 2.05) is 0 Å². The molecule has 0 fully saturated rings. The topological polar surface area (TPSA) is 106 Å². The number of fused-ring (bicyclic) bond motifs is 1. The first-order valence-corrected chi connectivity index (χ1v) is 9.93. The first kappa shape index (κ1) is 21.2. The van der Waals surface area contributed by atoms with Gasteiger partial charge in [0.1, 0.15) is 5.82 Å². The lowest BCUT2D eigenvalue weighted by atomic mass is 10.1. The molecule has 160 valence electrons. The van der Waals surface area contributed by atoms with Crippen LogP contribution in [-0.2, 0) is 16.1 Å². The molecule has 1 aliphatic rings. The van der Waals surface area contributed by atoms with Crippen molar-refractivity contribution in [1.82, 2.24) is 9.88 Å². The number of carbonyl (C=O) groups is 4. The lowest BCUT2D eigenvalue weighted by Crippen LogP contribution is -2.29. The fourth-order valence-corrected chi connectivity index (χ4v) is 3.27. The standard InChI is InChI=1S/C23H16ClN3O5/c24-16-9-10-19(25-11-16)26-20(28)13-32-23(31)15-7-5-14(6-8-15)12-27-21(29)17-3-1-2-4-18(17)22(27)30/h1-11H,12-13H2,(H,25,26,28). The van der Waals surface area contributed by atoms with Crippen LogP contribution in [0.15, 0.2) is 66.9 Å². The Bertz CT molecular complexity index is 1170. The van der Waals surface area contributed by atoms with Crippen molar-refractivity contribution in [2.45, 2.75) is 6.54 Å². The summed E-state index contributed by atoms with van der Waals surface area (Å²) in [5.41, 5.74) is 1.66. The zero-order valence-electron chi connectivity index (χ0n) is 16.6. The predicted molar refractivity (Wildman–Crippen MR) is 115 cm³/mol. The maximum Gasteiger partial charge on any atom is 0.338 e. The van der Waals surface area contributed by atoms with Crippen molar-refractivity contribution in [3.63, 3.8) is 0 Å². The molecule has 4 rings (SSSR count). The van der Waals surface area contributed by atoms with Crippen molar-refractivity contribution in [3.8, 4) is 0 Å². The molecule has 1 aliphatic heterocycles. The normalized spacial score (nSPS) is 12.5. The van der Waals surface area contributed by atoms with Crippen molar-refractivity contribution >= 4 is 41.1 Å². The average molecular weight is 450 g/mol. The Hall–Kier alpha value is -4.04. The SMILES string of the molecule is O=C(COC(=O)c1ccc(CN2C(=O)c3ccccc3C2=O)cc1)Nc1ccc(Cl)cn1. The first-order valence-electron chi connectivity index (χ1n) is 9.55. The fourth-order valence-electron chi connectivity index (χ4n) is 3.15. The van der Waals surface area contributed by atoms with E-state index < -0.39 is 18.5 Å². The molecule has 0 saturated carbocycles. The Morgan fingerprint density at radius 1 is 0.938 bits per heavy atom. The van der Waals surface area contributed by atoms with Gasteiger partial charge in [0.05, 0.1) is 28.3 Å². The van der Waals surface area contributed by atoms with Crippen LogP contribution in [0.25, 0.3) is 0 Å². The van der Waals surface area contributed by atoms with Crippen LogP contribution in [0.1, 0.15) is 36.6 Å². The first-order chi connectivity index (χ1) is 15.4. The van der Waals surface area contributed by atoms with Gasteiger partial charge in [-0.25, -0.2) is 9.78 Å². The molecule has 0 bridgehead atoms. The summed E-state index contributed by atoms with van der Waals surface area (Å²) >= 11 is 5.73. The molecule has 3 amide bonds. The molecule has 2 heterocycles. The molecule has 0 aliphatic carbocycles. The highest BCUT2D eigenvalue weighted by molar-refractivity contribution is 6.30. The number of anilines is 1. The van der Waals surface area contributed by atoms with Gasteiger partial charge in [0.25, 0.3) is 17.7 Å². The largest absolute Gasteiger partial charge is 0.452 e. The number of nitrogens with zero attached hydrogens (tertiary/aromatic N) is 2. The number of nitrogens with one attached hydrogen (secondary N) is 1. The monoisotopic (exact) mass is 449 g/mol. The molecule has 3 aromatic rings. The second-order valence-corrected chi connectivity index (χ2v) is 7.36. The van der Waals surface area contributed by atoms with Crippen molar-refractivity contribution in [3.05, 3.63) is 94.1 Å². The van der Waals surface area contributed by atoms with Crippen molar-refractivity contribution in [1.29, 1.82) is 0 Å². The lowest BCUT2D eigenvalue weighted by molar-refractivity contribution is -0.119. The summed E-state index contributed by atoms with van der Waals surface area (Å²) in [6.45, 7) is -0.405. The molecular weight excluding hydrogens is 434 g/mol. The highest BCUT2D eigenvalue weighted by Crippen LogP contribution is 2.24. The van der Waals surface area contributed by atoms with Gasteiger partial charge in [0, 0.05) is 6.20 Å². The van der Waals surface area contributed by atoms with E-state index in [0.717, 1.165) is 4.90 Å². The highest BCUT2D eigenvalue weighted by Gasteiger charge is 2.34. The molecule has 0 unspecified atom stereocenters. The van der Waals surface area contributed by atoms with Gasteiger partial charge in [-0.05, 0) is 42.0 Å². The van der Waals surface area contributed by atoms with E-state index in [2.05, 4.69) is 10.3 Å². The third kappa shape index (κ3) is 4.50. The molecule has 0 spiro atoms. The molecule has 8 nitrogen and oxygen atoms in total. The number of halogens is 1. The van der Waals surface area contributed by atoms with Crippen molar-refractivity contribution in [2.75, 3.05) is 11.9 Å². The third-order valence-electron chi connectivity index (χ3n) is 4.74. The number of imide groups is 1. The van der Waals surface area contributed by atoms with Gasteiger partial charge in [-0.2, -0.15) is 0 Å². The molecule has 1 N–H and O–H groups in total. The van der Waals surface area contributed by atoms with E-state index in [9.17, 15) is 19.2 Å². The van der Waals surface area contributed by atoms with Gasteiger partial charge >= 0.3 is 5.97 Å². The van der Waals surface area contributed by atoms with E-state index in [0.29, 0.717) is 21.7 Å². The van der Waals surface area contributed by atoms with Crippen LogP contribution < -0.4 is 5.32 Å². The van der Waals surface area contributed by atoms with Crippen LogP contribution in [-0.4, -0.2) is 40.2 Å². The molecular formula is C23H16ClN3O5. The number of carbonyl (C=O) groups excluding carboxylic acids is 4. The predicted octanol–water partition coefficient (Wildman–Crippen LogP) is 3.33. The minimum atomic E-state index is -0.684. The number of amides is 3. The second-order valence-electron chi connectivity index (χ2n) is 6.92. The van der Waals surface area contributed by atoms with Gasteiger partial charge in [0.15, 0.2) is 6.61 Å². The summed E-state index contributed by atoms with van der Waals surface area (Å²) < 4.78 is 5.01. The molecule has 2 aromatic carbocycles. The maximum absolute atomic E-state index is 12.5.